The number of carboxylic acids is 1. The Labute approximate surface area is 141 Å². The van der Waals surface area contributed by atoms with Crippen LogP contribution in [0.5, 0.6) is 5.75 Å². The highest BCUT2D eigenvalue weighted by Gasteiger charge is 2.32. The van der Waals surface area contributed by atoms with Crippen LogP contribution in [-0.4, -0.2) is 22.5 Å². The summed E-state index contributed by atoms with van der Waals surface area (Å²) in [6, 6.07) is 16.4. The third-order valence-electron chi connectivity index (χ3n) is 3.93. The zero-order valence-corrected chi connectivity index (χ0v) is 13.8. The molecule has 0 aliphatic heterocycles. The minimum absolute atomic E-state index is 0.298. The minimum Gasteiger partial charge on any atom is -0.489 e. The number of ether oxygens (including phenoxy) is 1. The van der Waals surface area contributed by atoms with Crippen molar-refractivity contribution >= 4 is 11.9 Å². The van der Waals surface area contributed by atoms with Crippen LogP contribution >= 0.6 is 0 Å². The molecule has 0 bridgehead atoms. The molecule has 0 aromatic heterocycles. The van der Waals surface area contributed by atoms with E-state index in [1.807, 2.05) is 30.3 Å². The summed E-state index contributed by atoms with van der Waals surface area (Å²) >= 11 is 0. The Balaban J connectivity index is 1.98. The normalized spacial score (nSPS) is 12.9. The van der Waals surface area contributed by atoms with E-state index in [2.05, 4.69) is 5.32 Å². The van der Waals surface area contributed by atoms with Crippen molar-refractivity contribution in [2.45, 2.75) is 32.4 Å². The largest absolute Gasteiger partial charge is 0.489 e. The first-order chi connectivity index (χ1) is 11.4. The maximum Gasteiger partial charge on any atom is 0.329 e. The summed E-state index contributed by atoms with van der Waals surface area (Å²) in [4.78, 5) is 23.5. The number of carbonyl (C=O) groups is 2. The summed E-state index contributed by atoms with van der Waals surface area (Å²) < 4.78 is 5.66. The molecule has 0 heterocycles. The van der Waals surface area contributed by atoms with Crippen LogP contribution in [0, 0.1) is 0 Å². The molecule has 5 nitrogen and oxygen atoms in total. The fourth-order valence-corrected chi connectivity index (χ4v) is 2.06. The van der Waals surface area contributed by atoms with Gasteiger partial charge in [0.2, 0.25) is 0 Å². The van der Waals surface area contributed by atoms with Gasteiger partial charge in [-0.25, -0.2) is 4.79 Å². The van der Waals surface area contributed by atoms with E-state index in [-0.39, 0.29) is 0 Å². The van der Waals surface area contributed by atoms with Gasteiger partial charge in [0.25, 0.3) is 5.91 Å². The summed E-state index contributed by atoms with van der Waals surface area (Å²) in [7, 11) is 0. The zero-order chi connectivity index (χ0) is 17.6. The van der Waals surface area contributed by atoms with E-state index in [0.717, 1.165) is 5.56 Å². The Morgan fingerprint density at radius 2 is 1.71 bits per heavy atom. The molecular weight excluding hydrogens is 306 g/mol. The van der Waals surface area contributed by atoms with Crippen molar-refractivity contribution < 1.29 is 19.4 Å². The fourth-order valence-electron chi connectivity index (χ4n) is 2.06. The van der Waals surface area contributed by atoms with Crippen molar-refractivity contribution in [3.8, 4) is 5.75 Å². The number of aliphatic carboxylic acids is 1. The van der Waals surface area contributed by atoms with Crippen LogP contribution in [0.3, 0.4) is 0 Å². The minimum atomic E-state index is -1.28. The second kappa shape index (κ2) is 7.64. The molecule has 2 rings (SSSR count). The van der Waals surface area contributed by atoms with Crippen LogP contribution in [-0.2, 0) is 11.4 Å². The number of carbonyl (C=O) groups excluding carboxylic acids is 1. The average Bonchev–Trinajstić information content (AvgIpc) is 2.61. The Bertz CT molecular complexity index is 697. The van der Waals surface area contributed by atoms with Gasteiger partial charge in [-0.3, -0.25) is 4.79 Å². The molecular formula is C19H21NO4. The van der Waals surface area contributed by atoms with Crippen molar-refractivity contribution in [3.63, 3.8) is 0 Å². The molecule has 126 valence electrons. The fraction of sp³-hybridized carbons (Fsp3) is 0.263. The molecule has 0 fully saturated rings. The van der Waals surface area contributed by atoms with Crippen LogP contribution in [0.2, 0.25) is 0 Å². The van der Waals surface area contributed by atoms with E-state index in [9.17, 15) is 14.7 Å². The van der Waals surface area contributed by atoms with Gasteiger partial charge in [0.1, 0.15) is 17.9 Å². The Morgan fingerprint density at radius 3 is 2.25 bits per heavy atom. The summed E-state index contributed by atoms with van der Waals surface area (Å²) in [5.74, 6) is -0.829. The van der Waals surface area contributed by atoms with Crippen LogP contribution in [0.4, 0.5) is 0 Å². The molecule has 2 aromatic rings. The summed E-state index contributed by atoms with van der Waals surface area (Å²) in [6.45, 7) is 3.65. The molecule has 0 radical (unpaired) electrons. The third-order valence-corrected chi connectivity index (χ3v) is 3.93. The number of hydrogen-bond donors (Lipinski definition) is 2. The van der Waals surface area contributed by atoms with Crippen molar-refractivity contribution in [1.29, 1.82) is 0 Å². The van der Waals surface area contributed by atoms with Crippen molar-refractivity contribution in [2.24, 2.45) is 0 Å². The molecule has 0 saturated carbocycles. The molecule has 0 saturated heterocycles. The van der Waals surface area contributed by atoms with E-state index in [1.54, 1.807) is 31.2 Å². The van der Waals surface area contributed by atoms with Gasteiger partial charge in [0, 0.05) is 5.56 Å². The van der Waals surface area contributed by atoms with Gasteiger partial charge in [-0.15, -0.1) is 0 Å². The summed E-state index contributed by atoms with van der Waals surface area (Å²) in [5, 5.41) is 11.8. The van der Waals surface area contributed by atoms with Gasteiger partial charge >= 0.3 is 5.97 Å². The quantitative estimate of drug-likeness (QED) is 0.818. The maximum atomic E-state index is 12.2. The Kier molecular flexibility index (Phi) is 5.58. The van der Waals surface area contributed by atoms with E-state index in [1.165, 1.54) is 6.92 Å². The smallest absolute Gasteiger partial charge is 0.329 e. The molecule has 1 unspecified atom stereocenters. The SMILES string of the molecule is CCC(C)(NC(=O)c1ccc(OCc2ccccc2)cc1)C(=O)O. The monoisotopic (exact) mass is 327 g/mol. The molecule has 1 amide bonds. The van der Waals surface area contributed by atoms with Crippen molar-refractivity contribution in [1.82, 2.24) is 5.32 Å². The third kappa shape index (κ3) is 4.35. The van der Waals surface area contributed by atoms with E-state index in [4.69, 9.17) is 4.74 Å². The van der Waals surface area contributed by atoms with E-state index >= 15 is 0 Å². The highest BCUT2D eigenvalue weighted by Crippen LogP contribution is 2.16. The second-order valence-electron chi connectivity index (χ2n) is 5.74. The lowest BCUT2D eigenvalue weighted by molar-refractivity contribution is -0.143. The van der Waals surface area contributed by atoms with Crippen LogP contribution in [0.25, 0.3) is 0 Å². The summed E-state index contributed by atoms with van der Waals surface area (Å²) in [6.07, 6.45) is 0.298. The second-order valence-corrected chi connectivity index (χ2v) is 5.74. The van der Waals surface area contributed by atoms with Crippen LogP contribution in [0.1, 0.15) is 36.2 Å². The number of rotatable bonds is 7. The van der Waals surface area contributed by atoms with Gasteiger partial charge < -0.3 is 15.2 Å². The Hall–Kier alpha value is -2.82. The number of hydrogen-bond acceptors (Lipinski definition) is 3. The first-order valence-corrected chi connectivity index (χ1v) is 7.77. The summed E-state index contributed by atoms with van der Waals surface area (Å²) in [5.41, 5.74) is 0.169. The molecule has 0 spiro atoms. The predicted molar refractivity (Wildman–Crippen MR) is 91.0 cm³/mol. The van der Waals surface area contributed by atoms with Gasteiger partial charge in [-0.05, 0) is 43.2 Å². The first-order valence-electron chi connectivity index (χ1n) is 7.77. The zero-order valence-electron chi connectivity index (χ0n) is 13.8. The number of amides is 1. The van der Waals surface area contributed by atoms with E-state index < -0.39 is 17.4 Å². The molecule has 1 atom stereocenters. The molecule has 0 aliphatic carbocycles. The molecule has 2 aromatic carbocycles. The van der Waals surface area contributed by atoms with Crippen LogP contribution in [0.15, 0.2) is 54.6 Å². The topological polar surface area (TPSA) is 75.6 Å². The van der Waals surface area contributed by atoms with Gasteiger partial charge in [0.15, 0.2) is 0 Å². The maximum absolute atomic E-state index is 12.2. The molecule has 24 heavy (non-hydrogen) atoms. The number of benzene rings is 2. The first kappa shape index (κ1) is 17.5. The lowest BCUT2D eigenvalue weighted by Crippen LogP contribution is -2.51. The van der Waals surface area contributed by atoms with E-state index in [0.29, 0.717) is 24.3 Å². The number of nitrogens with one attached hydrogen (secondary N) is 1. The lowest BCUT2D eigenvalue weighted by atomic mass is 9.98. The highest BCUT2D eigenvalue weighted by atomic mass is 16.5. The molecule has 0 aliphatic rings. The molecule has 5 heteroatoms. The average molecular weight is 327 g/mol. The van der Waals surface area contributed by atoms with Gasteiger partial charge in [-0.2, -0.15) is 0 Å². The van der Waals surface area contributed by atoms with Crippen LogP contribution < -0.4 is 10.1 Å². The lowest BCUT2D eigenvalue weighted by Gasteiger charge is -2.24. The predicted octanol–water partition coefficient (Wildman–Crippen LogP) is 3.25. The van der Waals surface area contributed by atoms with Crippen molar-refractivity contribution in [3.05, 3.63) is 65.7 Å². The molecule has 2 N–H and O–H groups in total. The Morgan fingerprint density at radius 1 is 1.08 bits per heavy atom. The van der Waals surface area contributed by atoms with Crippen molar-refractivity contribution in [2.75, 3.05) is 0 Å². The number of carboxylic acid groups (broad SMARTS) is 1. The highest BCUT2D eigenvalue weighted by molar-refractivity contribution is 5.97. The van der Waals surface area contributed by atoms with Gasteiger partial charge in [0.05, 0.1) is 0 Å². The van der Waals surface area contributed by atoms with Gasteiger partial charge in [-0.1, -0.05) is 37.3 Å². The standard InChI is InChI=1S/C19H21NO4/c1-3-19(2,18(22)23)20-17(21)15-9-11-16(12-10-15)24-13-14-7-5-4-6-8-14/h4-12H,3,13H2,1-2H3,(H,20,21)(H,22,23).